The lowest BCUT2D eigenvalue weighted by Crippen LogP contribution is -2.27. The molecular formula is C35H37ClN8O8. The van der Waals surface area contributed by atoms with E-state index in [0.717, 1.165) is 21.8 Å². The fraction of sp³-hybridized carbons (Fsp3) is 0.229. The number of nitrogens with one attached hydrogen (secondary N) is 1. The molecule has 6 rings (SSSR count). The van der Waals surface area contributed by atoms with E-state index in [1.54, 1.807) is 85.9 Å². The van der Waals surface area contributed by atoms with Crippen molar-refractivity contribution in [1.82, 2.24) is 29.9 Å². The average molecular weight is 733 g/mol. The van der Waals surface area contributed by atoms with E-state index in [9.17, 15) is 4.79 Å². The molecule has 17 heteroatoms. The van der Waals surface area contributed by atoms with Gasteiger partial charge in [-0.2, -0.15) is 0 Å². The topological polar surface area (TPSA) is 208 Å². The predicted molar refractivity (Wildman–Crippen MR) is 195 cm³/mol. The van der Waals surface area contributed by atoms with Crippen LogP contribution in [0.15, 0.2) is 73.6 Å². The lowest BCUT2D eigenvalue weighted by atomic mass is 10.2. The van der Waals surface area contributed by atoms with Gasteiger partial charge in [-0.05, 0) is 45.0 Å². The van der Waals surface area contributed by atoms with Gasteiger partial charge in [0.25, 0.3) is 0 Å². The fourth-order valence-electron chi connectivity index (χ4n) is 4.26. The van der Waals surface area contributed by atoms with Crippen molar-refractivity contribution in [3.05, 3.63) is 78.6 Å². The lowest BCUT2D eigenvalue weighted by molar-refractivity contribution is 0.0634. The maximum absolute atomic E-state index is 11.2. The van der Waals surface area contributed by atoms with E-state index in [2.05, 4.69) is 35.2 Å². The number of benzene rings is 2. The Morgan fingerprint density at radius 3 is 1.75 bits per heavy atom. The number of hydrogen-bond acceptors (Lipinski definition) is 15. The molecule has 16 nitrogen and oxygen atoms in total. The number of nitrogens with two attached hydrogens (primary N) is 1. The Bertz CT molecular complexity index is 2120. The van der Waals surface area contributed by atoms with Gasteiger partial charge in [0.05, 0.1) is 69.3 Å². The molecule has 1 amide bonds. The molecule has 4 heterocycles. The summed E-state index contributed by atoms with van der Waals surface area (Å²) in [5.74, 6) is 3.82. The molecule has 0 saturated heterocycles. The van der Waals surface area contributed by atoms with E-state index in [0.29, 0.717) is 39.5 Å². The summed E-state index contributed by atoms with van der Waals surface area (Å²) in [6, 6.07) is 10.7. The van der Waals surface area contributed by atoms with Crippen molar-refractivity contribution >= 4 is 51.4 Å². The lowest BCUT2D eigenvalue weighted by Gasteiger charge is -2.19. The van der Waals surface area contributed by atoms with E-state index in [4.69, 9.17) is 50.9 Å². The third-order valence-electron chi connectivity index (χ3n) is 6.53. The van der Waals surface area contributed by atoms with Gasteiger partial charge in [-0.1, -0.05) is 11.6 Å². The Balaban J connectivity index is 0.000000180. The van der Waals surface area contributed by atoms with Crippen LogP contribution < -0.4 is 34.7 Å². The summed E-state index contributed by atoms with van der Waals surface area (Å²) in [5.41, 5.74) is 6.41. The monoisotopic (exact) mass is 732 g/mol. The fourth-order valence-corrected chi connectivity index (χ4v) is 4.47. The molecule has 0 radical (unpaired) electrons. The number of aromatic hydroxyl groups is 1. The Morgan fingerprint density at radius 1 is 0.712 bits per heavy atom. The Kier molecular flexibility index (Phi) is 12.9. The third kappa shape index (κ3) is 10.5. The van der Waals surface area contributed by atoms with Gasteiger partial charge in [0.2, 0.25) is 11.9 Å². The van der Waals surface area contributed by atoms with Crippen molar-refractivity contribution in [3.8, 4) is 40.2 Å². The summed E-state index contributed by atoms with van der Waals surface area (Å²) in [6.45, 7) is 5.26. The van der Waals surface area contributed by atoms with Crippen LogP contribution in [-0.2, 0) is 4.74 Å². The highest BCUT2D eigenvalue weighted by Gasteiger charge is 2.17. The van der Waals surface area contributed by atoms with Gasteiger partial charge >= 0.3 is 6.09 Å². The zero-order valence-corrected chi connectivity index (χ0v) is 30.1. The SMILES string of the molecule is CC(C)(C)OC(=O)Nc1ncc(O)cn1.COc1cc2nccc(Cl)c2cc1OC.COc1cc2nccc(Oc3cnc(N)nc3)c2cc1OC. The largest absolute Gasteiger partial charge is 0.505 e. The van der Waals surface area contributed by atoms with Crippen molar-refractivity contribution in [2.45, 2.75) is 26.4 Å². The molecule has 0 aliphatic rings. The number of anilines is 2. The zero-order chi connectivity index (χ0) is 37.8. The number of carbonyl (C=O) groups excluding carboxylic acids is 1. The number of ether oxygens (including phenoxy) is 6. The van der Waals surface area contributed by atoms with Gasteiger partial charge in [0, 0.05) is 35.3 Å². The first-order valence-electron chi connectivity index (χ1n) is 15.3. The van der Waals surface area contributed by atoms with Crippen LogP contribution in [0.25, 0.3) is 21.8 Å². The number of halogens is 1. The second-order valence-corrected chi connectivity index (χ2v) is 11.7. The number of carbonyl (C=O) groups is 1. The summed E-state index contributed by atoms with van der Waals surface area (Å²) in [5, 5.41) is 13.5. The minimum atomic E-state index is -0.631. The van der Waals surface area contributed by atoms with E-state index in [-0.39, 0.29) is 17.6 Å². The van der Waals surface area contributed by atoms with Crippen molar-refractivity contribution in [3.63, 3.8) is 0 Å². The van der Waals surface area contributed by atoms with Gasteiger partial charge in [-0.25, -0.2) is 24.7 Å². The highest BCUT2D eigenvalue weighted by atomic mass is 35.5. The van der Waals surface area contributed by atoms with Crippen molar-refractivity contribution < 1.29 is 38.3 Å². The number of methoxy groups -OCH3 is 4. The number of rotatable bonds is 7. The summed E-state index contributed by atoms with van der Waals surface area (Å²) >= 11 is 6.05. The van der Waals surface area contributed by atoms with Crippen LogP contribution in [0.3, 0.4) is 0 Å². The molecule has 0 aliphatic heterocycles. The van der Waals surface area contributed by atoms with Gasteiger partial charge < -0.3 is 39.3 Å². The van der Waals surface area contributed by atoms with Crippen LogP contribution in [0.5, 0.6) is 40.2 Å². The van der Waals surface area contributed by atoms with Crippen LogP contribution in [0, 0.1) is 0 Å². The molecule has 4 N–H and O–H groups in total. The number of aromatic nitrogens is 6. The quantitative estimate of drug-likeness (QED) is 0.153. The smallest absolute Gasteiger partial charge is 0.414 e. The highest BCUT2D eigenvalue weighted by molar-refractivity contribution is 6.35. The second kappa shape index (κ2) is 17.5. The van der Waals surface area contributed by atoms with Gasteiger partial charge in [0.1, 0.15) is 11.4 Å². The first-order chi connectivity index (χ1) is 24.8. The van der Waals surface area contributed by atoms with Crippen LogP contribution in [0.2, 0.25) is 5.02 Å². The highest BCUT2D eigenvalue weighted by Crippen LogP contribution is 2.37. The molecule has 0 aliphatic carbocycles. The summed E-state index contributed by atoms with van der Waals surface area (Å²) < 4.78 is 31.7. The van der Waals surface area contributed by atoms with Crippen LogP contribution in [0.4, 0.5) is 16.7 Å². The number of nitrogens with zero attached hydrogens (tertiary/aromatic N) is 6. The molecular weight excluding hydrogens is 696 g/mol. The van der Waals surface area contributed by atoms with E-state index >= 15 is 0 Å². The number of pyridine rings is 2. The molecule has 0 saturated carbocycles. The predicted octanol–water partition coefficient (Wildman–Crippen LogP) is 6.85. The summed E-state index contributed by atoms with van der Waals surface area (Å²) in [6.07, 6.45) is 8.07. The van der Waals surface area contributed by atoms with Crippen LogP contribution >= 0.6 is 11.6 Å². The standard InChI is InChI=1S/C15H14N4O3.C11H10ClNO2.C9H13N3O3/c1-20-13-5-10-11(6-14(13)21-2)17-4-3-12(10)22-9-7-18-15(16)19-8-9;1-14-10-5-7-8(12)3-4-13-9(7)6-11(10)15-2;1-9(2,3)15-8(14)12-7-10-4-6(13)5-11-7/h3-8H,1-2H3,(H2,16,18,19);3-6H,1-2H3;4-5,13H,1-3H3,(H,10,11,12,14). The Morgan fingerprint density at radius 2 is 1.21 bits per heavy atom. The molecule has 0 atom stereocenters. The second-order valence-electron chi connectivity index (χ2n) is 11.3. The number of nitrogen functional groups attached to an aromatic ring is 1. The van der Waals surface area contributed by atoms with Gasteiger partial charge in [-0.15, -0.1) is 0 Å². The minimum absolute atomic E-state index is 0.0651. The average Bonchev–Trinajstić information content (AvgIpc) is 3.12. The van der Waals surface area contributed by atoms with Crippen LogP contribution in [-0.4, -0.2) is 75.1 Å². The van der Waals surface area contributed by atoms with Crippen molar-refractivity contribution in [1.29, 1.82) is 0 Å². The normalized spacial score (nSPS) is 10.5. The van der Waals surface area contributed by atoms with Gasteiger partial charge in [0.15, 0.2) is 34.5 Å². The van der Waals surface area contributed by atoms with Crippen molar-refractivity contribution in [2.75, 3.05) is 39.5 Å². The first-order valence-corrected chi connectivity index (χ1v) is 15.6. The van der Waals surface area contributed by atoms with E-state index in [1.165, 1.54) is 24.8 Å². The third-order valence-corrected chi connectivity index (χ3v) is 6.86. The summed E-state index contributed by atoms with van der Waals surface area (Å²) in [4.78, 5) is 34.9. The summed E-state index contributed by atoms with van der Waals surface area (Å²) in [7, 11) is 6.34. The molecule has 4 aromatic heterocycles. The zero-order valence-electron chi connectivity index (χ0n) is 29.4. The van der Waals surface area contributed by atoms with Crippen molar-refractivity contribution in [2.24, 2.45) is 0 Å². The molecule has 0 spiro atoms. The van der Waals surface area contributed by atoms with Gasteiger partial charge in [-0.3, -0.25) is 15.3 Å². The number of amides is 1. The number of fused-ring (bicyclic) bond motifs is 2. The van der Waals surface area contributed by atoms with E-state index in [1.807, 2.05) is 12.1 Å². The van der Waals surface area contributed by atoms with Crippen LogP contribution in [0.1, 0.15) is 20.8 Å². The molecule has 0 unspecified atom stereocenters. The molecule has 52 heavy (non-hydrogen) atoms. The molecule has 272 valence electrons. The maximum atomic E-state index is 11.2. The minimum Gasteiger partial charge on any atom is -0.505 e. The molecule has 2 aromatic carbocycles. The molecule has 6 aromatic rings. The number of hydrogen-bond donors (Lipinski definition) is 3. The maximum Gasteiger partial charge on any atom is 0.414 e. The molecule has 0 fully saturated rings. The first kappa shape index (κ1) is 38.4. The Labute approximate surface area is 303 Å². The van der Waals surface area contributed by atoms with E-state index < -0.39 is 11.7 Å². The molecule has 0 bridgehead atoms. The Hall–Kier alpha value is -6.42.